The molecule has 0 fully saturated rings. The van der Waals surface area contributed by atoms with Gasteiger partial charge in [-0.05, 0) is 67.3 Å². The predicted molar refractivity (Wildman–Crippen MR) is 135 cm³/mol. The Hall–Kier alpha value is -3.91. The van der Waals surface area contributed by atoms with Crippen LogP contribution in [0.3, 0.4) is 0 Å². The number of hydrogen-bond donors (Lipinski definition) is 1. The summed E-state index contributed by atoms with van der Waals surface area (Å²) in [5.41, 5.74) is 3.36. The van der Waals surface area contributed by atoms with Crippen LogP contribution < -0.4 is 10.1 Å². The van der Waals surface area contributed by atoms with E-state index in [1.54, 1.807) is 25.1 Å². The summed E-state index contributed by atoms with van der Waals surface area (Å²) < 4.78 is 11.2. The van der Waals surface area contributed by atoms with Gasteiger partial charge in [-0.2, -0.15) is 0 Å². The lowest BCUT2D eigenvalue weighted by molar-refractivity contribution is -0.385. The highest BCUT2D eigenvalue weighted by Gasteiger charge is 2.20. The molecule has 1 amide bonds. The molecule has 0 bridgehead atoms. The maximum Gasteiger partial charge on any atom is 0.311 e. The van der Waals surface area contributed by atoms with E-state index in [0.29, 0.717) is 33.7 Å². The molecule has 3 aromatic carbocycles. The first-order chi connectivity index (χ1) is 16.8. The van der Waals surface area contributed by atoms with Crippen molar-refractivity contribution in [2.45, 2.75) is 33.1 Å². The van der Waals surface area contributed by atoms with Crippen molar-refractivity contribution in [3.63, 3.8) is 0 Å². The number of aromatic nitrogens is 1. The van der Waals surface area contributed by atoms with Crippen molar-refractivity contribution >= 4 is 40.0 Å². The predicted octanol–water partition coefficient (Wildman–Crippen LogP) is 7.22. The highest BCUT2D eigenvalue weighted by molar-refractivity contribution is 6.34. The van der Waals surface area contributed by atoms with Crippen LogP contribution in [-0.4, -0.2) is 22.4 Å². The monoisotopic (exact) mass is 493 g/mol. The van der Waals surface area contributed by atoms with Crippen LogP contribution >= 0.6 is 11.6 Å². The maximum absolute atomic E-state index is 12.9. The Balaban J connectivity index is 1.62. The van der Waals surface area contributed by atoms with Gasteiger partial charge in [0.2, 0.25) is 5.89 Å². The van der Waals surface area contributed by atoms with Crippen LogP contribution in [0, 0.1) is 10.1 Å². The third kappa shape index (κ3) is 5.12. The molecule has 0 unspecified atom stereocenters. The summed E-state index contributed by atoms with van der Waals surface area (Å²) in [6, 6.07) is 15.0. The van der Waals surface area contributed by atoms with E-state index in [-0.39, 0.29) is 23.6 Å². The molecule has 180 valence electrons. The third-order valence-corrected chi connectivity index (χ3v) is 6.10. The number of anilines is 1. The van der Waals surface area contributed by atoms with Crippen LogP contribution in [-0.2, 0) is 0 Å². The van der Waals surface area contributed by atoms with Gasteiger partial charge in [-0.25, -0.2) is 4.98 Å². The SMILES string of the molecule is CCOc1ccc(C(=O)Nc2cc(-c3nc4cc([C@H](C)CC)ccc4o3)ccc2Cl)cc1[N+](=O)[O-]. The molecule has 0 saturated carbocycles. The molecule has 1 heterocycles. The van der Waals surface area contributed by atoms with E-state index < -0.39 is 10.8 Å². The second kappa shape index (κ2) is 10.1. The van der Waals surface area contributed by atoms with E-state index >= 15 is 0 Å². The number of fused-ring (bicyclic) bond motifs is 1. The molecule has 0 aliphatic carbocycles. The number of amides is 1. The number of oxazole rings is 1. The van der Waals surface area contributed by atoms with Gasteiger partial charge in [-0.15, -0.1) is 0 Å². The Morgan fingerprint density at radius 2 is 1.97 bits per heavy atom. The zero-order valence-electron chi connectivity index (χ0n) is 19.5. The lowest BCUT2D eigenvalue weighted by atomic mass is 9.98. The highest BCUT2D eigenvalue weighted by atomic mass is 35.5. The third-order valence-electron chi connectivity index (χ3n) is 5.77. The Bertz CT molecular complexity index is 1420. The van der Waals surface area contributed by atoms with E-state index in [1.807, 2.05) is 18.2 Å². The second-order valence-electron chi connectivity index (χ2n) is 8.08. The highest BCUT2D eigenvalue weighted by Crippen LogP contribution is 2.33. The molecule has 1 atom stereocenters. The molecule has 4 rings (SSSR count). The number of benzene rings is 3. The lowest BCUT2D eigenvalue weighted by Gasteiger charge is -2.10. The summed E-state index contributed by atoms with van der Waals surface area (Å²) in [5.74, 6) is 0.355. The summed E-state index contributed by atoms with van der Waals surface area (Å²) in [6.07, 6.45) is 1.02. The van der Waals surface area contributed by atoms with Gasteiger partial charge in [0.1, 0.15) is 5.52 Å². The topological polar surface area (TPSA) is 108 Å². The molecular formula is C26H24ClN3O5. The summed E-state index contributed by atoms with van der Waals surface area (Å²) in [5, 5.41) is 14.4. The van der Waals surface area contributed by atoms with E-state index in [1.165, 1.54) is 23.8 Å². The fraction of sp³-hybridized carbons (Fsp3) is 0.231. The molecule has 0 radical (unpaired) electrons. The van der Waals surface area contributed by atoms with Crippen molar-refractivity contribution in [1.29, 1.82) is 0 Å². The smallest absolute Gasteiger partial charge is 0.311 e. The van der Waals surface area contributed by atoms with Gasteiger partial charge < -0.3 is 14.5 Å². The second-order valence-corrected chi connectivity index (χ2v) is 8.48. The quantitative estimate of drug-likeness (QED) is 0.205. The Morgan fingerprint density at radius 3 is 2.69 bits per heavy atom. The number of rotatable bonds is 8. The molecule has 4 aromatic rings. The summed E-state index contributed by atoms with van der Waals surface area (Å²) in [7, 11) is 0. The number of ether oxygens (including phenoxy) is 1. The fourth-order valence-corrected chi connectivity index (χ4v) is 3.80. The van der Waals surface area contributed by atoms with Crippen molar-refractivity contribution in [2.75, 3.05) is 11.9 Å². The molecule has 8 nitrogen and oxygen atoms in total. The van der Waals surface area contributed by atoms with Crippen LogP contribution in [0.25, 0.3) is 22.6 Å². The number of carbonyl (C=O) groups excluding carboxylic acids is 1. The van der Waals surface area contributed by atoms with E-state index in [2.05, 4.69) is 24.1 Å². The van der Waals surface area contributed by atoms with Crippen LogP contribution in [0.2, 0.25) is 5.02 Å². The van der Waals surface area contributed by atoms with E-state index in [9.17, 15) is 14.9 Å². The van der Waals surface area contributed by atoms with Crippen molar-refractivity contribution in [1.82, 2.24) is 4.98 Å². The molecule has 0 aliphatic rings. The average Bonchev–Trinajstić information content (AvgIpc) is 3.28. The number of hydrogen-bond acceptors (Lipinski definition) is 6. The largest absolute Gasteiger partial charge is 0.487 e. The molecule has 1 aromatic heterocycles. The number of nitrogens with one attached hydrogen (secondary N) is 1. The number of halogens is 1. The van der Waals surface area contributed by atoms with Gasteiger partial charge in [0.05, 0.1) is 22.2 Å². The number of nitro benzene ring substituents is 1. The lowest BCUT2D eigenvalue weighted by Crippen LogP contribution is -2.13. The molecular weight excluding hydrogens is 470 g/mol. The minimum atomic E-state index is -0.588. The standard InChI is InChI=1S/C26H24ClN3O5/c1-4-15(3)16-7-10-23-21(12-16)29-26(35-23)18-6-9-19(27)20(13-18)28-25(31)17-8-11-24(34-5-2)22(14-17)30(32)33/h6-15H,4-5H2,1-3H3,(H,28,31)/t15-/m1/s1. The van der Waals surface area contributed by atoms with Crippen molar-refractivity contribution in [3.8, 4) is 17.2 Å². The summed E-state index contributed by atoms with van der Waals surface area (Å²) in [6.45, 7) is 6.29. The van der Waals surface area contributed by atoms with Gasteiger partial charge in [0, 0.05) is 17.2 Å². The molecule has 0 aliphatic heterocycles. The van der Waals surface area contributed by atoms with Gasteiger partial charge in [0.15, 0.2) is 11.3 Å². The Morgan fingerprint density at radius 1 is 1.17 bits per heavy atom. The zero-order valence-corrected chi connectivity index (χ0v) is 20.3. The van der Waals surface area contributed by atoms with E-state index in [0.717, 1.165) is 11.9 Å². The van der Waals surface area contributed by atoms with Gasteiger partial charge in [0.25, 0.3) is 5.91 Å². The number of carbonyl (C=O) groups is 1. The van der Waals surface area contributed by atoms with Crippen LogP contribution in [0.4, 0.5) is 11.4 Å². The van der Waals surface area contributed by atoms with Crippen molar-refractivity contribution in [2.24, 2.45) is 0 Å². The molecule has 0 spiro atoms. The van der Waals surface area contributed by atoms with Crippen LogP contribution in [0.15, 0.2) is 59.0 Å². The maximum atomic E-state index is 12.9. The van der Waals surface area contributed by atoms with Crippen LogP contribution in [0.1, 0.15) is 49.0 Å². The van der Waals surface area contributed by atoms with E-state index in [4.69, 9.17) is 20.8 Å². The summed E-state index contributed by atoms with van der Waals surface area (Å²) in [4.78, 5) is 28.3. The average molecular weight is 494 g/mol. The molecule has 9 heteroatoms. The Labute approximate surface area is 207 Å². The number of nitrogens with zero attached hydrogens (tertiary/aromatic N) is 2. The first-order valence-electron chi connectivity index (χ1n) is 11.2. The van der Waals surface area contributed by atoms with Gasteiger partial charge in [-0.3, -0.25) is 14.9 Å². The number of nitro groups is 1. The van der Waals surface area contributed by atoms with Crippen LogP contribution in [0.5, 0.6) is 5.75 Å². The summed E-state index contributed by atoms with van der Waals surface area (Å²) >= 11 is 6.32. The zero-order chi connectivity index (χ0) is 25.1. The first-order valence-corrected chi connectivity index (χ1v) is 11.6. The Kier molecular flexibility index (Phi) is 7.02. The minimum absolute atomic E-state index is 0.0982. The fourth-order valence-electron chi connectivity index (χ4n) is 3.64. The van der Waals surface area contributed by atoms with Crippen molar-refractivity contribution in [3.05, 3.63) is 80.9 Å². The molecule has 0 saturated heterocycles. The van der Waals surface area contributed by atoms with Crippen molar-refractivity contribution < 1.29 is 18.9 Å². The van der Waals surface area contributed by atoms with Gasteiger partial charge in [-0.1, -0.05) is 31.5 Å². The molecule has 35 heavy (non-hydrogen) atoms. The minimum Gasteiger partial charge on any atom is -0.487 e. The molecule has 1 N–H and O–H groups in total. The first kappa shape index (κ1) is 24.2. The van der Waals surface area contributed by atoms with Gasteiger partial charge >= 0.3 is 5.69 Å². The normalized spacial score (nSPS) is 11.9.